The first kappa shape index (κ1) is 48.1. The SMILES string of the molecule is Cc1ccc(-c2ccc(CNC(=O)NCCn3c(=O)n(CCNC(=O)NCc4ccc(-c5ccc(C)cn5)nc4)c(=O)n(CCNC(=O)NCc4ccc(-c5ccc(C)cn5)nc4)c3=O)cn2)nc1. The highest BCUT2D eigenvalue weighted by molar-refractivity contribution is 5.74. The third kappa shape index (κ3) is 13.4. The van der Waals surface area contributed by atoms with Crippen molar-refractivity contribution in [3.05, 3.63) is 175 Å². The number of hydrogen-bond donors (Lipinski definition) is 6. The van der Waals surface area contributed by atoms with E-state index in [1.165, 1.54) is 0 Å². The van der Waals surface area contributed by atoms with Crippen LogP contribution >= 0.6 is 0 Å². The minimum Gasteiger partial charge on any atom is -0.336 e. The van der Waals surface area contributed by atoms with Crippen molar-refractivity contribution < 1.29 is 14.4 Å². The van der Waals surface area contributed by atoms with Crippen LogP contribution in [0.3, 0.4) is 0 Å². The van der Waals surface area contributed by atoms with E-state index < -0.39 is 35.2 Å². The molecule has 0 unspecified atom stereocenters. The Morgan fingerprint density at radius 3 is 0.826 bits per heavy atom. The zero-order valence-electron chi connectivity index (χ0n) is 38.2. The second-order valence-electron chi connectivity index (χ2n) is 15.9. The van der Waals surface area contributed by atoms with E-state index in [1.54, 1.807) is 55.4 Å². The first-order valence-corrected chi connectivity index (χ1v) is 22.0. The van der Waals surface area contributed by atoms with Crippen LogP contribution in [-0.2, 0) is 39.3 Å². The number of nitrogens with zero attached hydrogens (tertiary/aromatic N) is 9. The molecule has 7 aromatic heterocycles. The van der Waals surface area contributed by atoms with E-state index in [0.29, 0.717) is 34.2 Å². The number of urea groups is 3. The third-order valence-corrected chi connectivity index (χ3v) is 10.6. The minimum atomic E-state index is -0.947. The Bertz CT molecular complexity index is 2690. The number of amides is 6. The Balaban J connectivity index is 0.947. The van der Waals surface area contributed by atoms with Gasteiger partial charge in [-0.3, -0.25) is 29.9 Å². The maximum atomic E-state index is 13.7. The highest BCUT2D eigenvalue weighted by Gasteiger charge is 2.17. The monoisotopic (exact) mass is 933 g/mol. The average molecular weight is 934 g/mol. The molecule has 7 rings (SSSR count). The second kappa shape index (κ2) is 23.0. The molecule has 0 aromatic carbocycles. The number of carbonyl (C=O) groups excluding carboxylic acids is 3. The van der Waals surface area contributed by atoms with Crippen LogP contribution in [0.4, 0.5) is 14.4 Å². The van der Waals surface area contributed by atoms with Gasteiger partial charge in [-0.05, 0) is 90.6 Å². The van der Waals surface area contributed by atoms with Gasteiger partial charge in [0, 0.05) is 96.1 Å². The zero-order chi connectivity index (χ0) is 48.7. The van der Waals surface area contributed by atoms with Gasteiger partial charge in [-0.2, -0.15) is 0 Å². The van der Waals surface area contributed by atoms with Crippen LogP contribution in [0.1, 0.15) is 33.4 Å². The van der Waals surface area contributed by atoms with E-state index >= 15 is 0 Å². The normalized spacial score (nSPS) is 10.8. The van der Waals surface area contributed by atoms with Gasteiger partial charge in [-0.1, -0.05) is 36.4 Å². The smallest absolute Gasteiger partial charge is 0.336 e. The third-order valence-electron chi connectivity index (χ3n) is 10.6. The van der Waals surface area contributed by atoms with Gasteiger partial charge in [-0.25, -0.2) is 42.5 Å². The summed E-state index contributed by atoms with van der Waals surface area (Å²) >= 11 is 0. The molecule has 0 saturated carbocycles. The van der Waals surface area contributed by atoms with Gasteiger partial charge >= 0.3 is 35.2 Å². The number of hydrogen-bond acceptors (Lipinski definition) is 12. The molecule has 21 nitrogen and oxygen atoms in total. The highest BCUT2D eigenvalue weighted by Crippen LogP contribution is 2.17. The van der Waals surface area contributed by atoms with Crippen LogP contribution in [0.2, 0.25) is 0 Å². The topological polar surface area (TPSA) is 267 Å². The van der Waals surface area contributed by atoms with Gasteiger partial charge < -0.3 is 31.9 Å². The van der Waals surface area contributed by atoms with Crippen molar-refractivity contribution in [2.75, 3.05) is 19.6 Å². The van der Waals surface area contributed by atoms with Gasteiger partial charge in [0.15, 0.2) is 0 Å². The van der Waals surface area contributed by atoms with Crippen molar-refractivity contribution in [1.82, 2.24) is 75.5 Å². The van der Waals surface area contributed by atoms with E-state index in [2.05, 4.69) is 61.8 Å². The minimum absolute atomic E-state index is 0.142. The van der Waals surface area contributed by atoms with Gasteiger partial charge in [0.25, 0.3) is 0 Å². The largest absolute Gasteiger partial charge is 0.336 e. The van der Waals surface area contributed by atoms with E-state index in [0.717, 1.165) is 47.1 Å². The van der Waals surface area contributed by atoms with E-state index in [1.807, 2.05) is 75.4 Å². The fraction of sp³-hybridized carbons (Fsp3) is 0.250. The molecular weight excluding hydrogens is 883 g/mol. The summed E-state index contributed by atoms with van der Waals surface area (Å²) in [7, 11) is 0. The summed E-state index contributed by atoms with van der Waals surface area (Å²) in [6.45, 7) is 4.88. The molecule has 21 heteroatoms. The van der Waals surface area contributed by atoms with Crippen molar-refractivity contribution in [3.8, 4) is 34.2 Å². The van der Waals surface area contributed by atoms with Crippen LogP contribution in [-0.4, -0.2) is 81.3 Å². The van der Waals surface area contributed by atoms with E-state index in [-0.39, 0.29) is 58.9 Å². The summed E-state index contributed by atoms with van der Waals surface area (Å²) in [5, 5.41) is 16.0. The van der Waals surface area contributed by atoms with Crippen LogP contribution in [0.15, 0.2) is 124 Å². The Labute approximate surface area is 395 Å². The molecule has 0 aliphatic heterocycles. The van der Waals surface area contributed by atoms with Crippen molar-refractivity contribution in [2.24, 2.45) is 0 Å². The van der Waals surface area contributed by atoms with E-state index in [9.17, 15) is 28.8 Å². The van der Waals surface area contributed by atoms with Crippen molar-refractivity contribution >= 4 is 18.1 Å². The summed E-state index contributed by atoms with van der Waals surface area (Å²) in [6.07, 6.45) is 10.1. The Morgan fingerprint density at radius 1 is 0.362 bits per heavy atom. The molecule has 6 amide bonds. The average Bonchev–Trinajstić information content (AvgIpc) is 3.36. The maximum absolute atomic E-state index is 13.7. The number of pyridine rings is 6. The Morgan fingerprint density at radius 2 is 0.609 bits per heavy atom. The van der Waals surface area contributed by atoms with Gasteiger partial charge in [0.05, 0.1) is 34.2 Å². The molecule has 354 valence electrons. The van der Waals surface area contributed by atoms with Crippen LogP contribution in [0, 0.1) is 20.8 Å². The van der Waals surface area contributed by atoms with Crippen molar-refractivity contribution in [3.63, 3.8) is 0 Å². The maximum Gasteiger partial charge on any atom is 0.336 e. The summed E-state index contributed by atoms with van der Waals surface area (Å²) < 4.78 is 2.44. The molecule has 6 N–H and O–H groups in total. The zero-order valence-corrected chi connectivity index (χ0v) is 38.2. The van der Waals surface area contributed by atoms with Crippen LogP contribution < -0.4 is 49.0 Å². The standard InChI is InChI=1S/C48H51N15O6/c1-31-4-10-37(52-22-31)40-13-7-34(25-55-40)28-58-43(64)49-16-19-61-46(67)62(20-17-50-44(65)59-29-35-8-14-41(56-26-35)38-11-5-32(2)23-53-38)48(69)63(47(61)68)21-18-51-45(66)60-30-36-9-15-42(57-27-36)39-12-6-33(3)24-54-39/h4-15,22-27H,16-21,28-30H2,1-3H3,(H2,49,58,64)(H2,50,59,65)(H2,51,60,66). The molecule has 69 heavy (non-hydrogen) atoms. The lowest BCUT2D eigenvalue weighted by molar-refractivity contribution is 0.239. The molecule has 0 atom stereocenters. The molecule has 0 saturated heterocycles. The molecule has 0 spiro atoms. The van der Waals surface area contributed by atoms with E-state index in [4.69, 9.17) is 0 Å². The molecule has 0 fully saturated rings. The molecule has 0 aliphatic carbocycles. The lowest BCUT2D eigenvalue weighted by atomic mass is 10.2. The van der Waals surface area contributed by atoms with Crippen LogP contribution in [0.5, 0.6) is 0 Å². The summed E-state index contributed by atoms with van der Waals surface area (Å²) in [5.41, 5.74) is 6.60. The molecule has 7 heterocycles. The quantitative estimate of drug-likeness (QED) is 0.0726. The number of aryl methyl sites for hydroxylation is 3. The number of carbonyl (C=O) groups is 3. The Kier molecular flexibility index (Phi) is 16.0. The molecule has 0 aliphatic rings. The first-order valence-electron chi connectivity index (χ1n) is 22.0. The lowest BCUT2D eigenvalue weighted by Crippen LogP contribution is -2.57. The molecule has 7 aromatic rings. The molecule has 0 bridgehead atoms. The van der Waals surface area contributed by atoms with Gasteiger partial charge in [0.1, 0.15) is 0 Å². The fourth-order valence-corrected chi connectivity index (χ4v) is 6.73. The van der Waals surface area contributed by atoms with Gasteiger partial charge in [0.2, 0.25) is 0 Å². The summed E-state index contributed by atoms with van der Waals surface area (Å²) in [5.74, 6) is 0. The molecular formula is C48H51N15O6. The predicted octanol–water partition coefficient (Wildman–Crippen LogP) is 2.97. The Hall–Kier alpha value is -8.88. The van der Waals surface area contributed by atoms with Crippen LogP contribution in [0.25, 0.3) is 34.2 Å². The number of nitrogens with one attached hydrogen (secondary N) is 6. The van der Waals surface area contributed by atoms with Gasteiger partial charge in [-0.15, -0.1) is 0 Å². The number of aromatic nitrogens is 9. The first-order chi connectivity index (χ1) is 33.4. The lowest BCUT2D eigenvalue weighted by Gasteiger charge is -2.15. The molecule has 0 radical (unpaired) electrons. The predicted molar refractivity (Wildman–Crippen MR) is 257 cm³/mol. The summed E-state index contributed by atoms with van der Waals surface area (Å²) in [4.78, 5) is 106. The van der Waals surface area contributed by atoms with Crippen molar-refractivity contribution in [2.45, 2.75) is 60.0 Å². The number of rotatable bonds is 18. The fourth-order valence-electron chi connectivity index (χ4n) is 6.73. The van der Waals surface area contributed by atoms with Crippen molar-refractivity contribution in [1.29, 1.82) is 0 Å². The highest BCUT2D eigenvalue weighted by atomic mass is 16.2. The second-order valence-corrected chi connectivity index (χ2v) is 15.9. The summed E-state index contributed by atoms with van der Waals surface area (Å²) in [6, 6.07) is 20.6.